The van der Waals surface area contributed by atoms with Crippen molar-refractivity contribution >= 4 is 0 Å². The van der Waals surface area contributed by atoms with Crippen molar-refractivity contribution in [3.8, 4) is 0 Å². The van der Waals surface area contributed by atoms with Crippen molar-refractivity contribution in [1.82, 2.24) is 0 Å². The molecule has 5 heteroatoms. The van der Waals surface area contributed by atoms with E-state index in [2.05, 4.69) is 0 Å². The topological polar surface area (TPSA) is 73.9 Å². The highest BCUT2D eigenvalue weighted by molar-refractivity contribution is 5.13. The van der Waals surface area contributed by atoms with E-state index in [1.165, 1.54) is 0 Å². The fourth-order valence-electron chi connectivity index (χ4n) is 2.37. The zero-order chi connectivity index (χ0) is 12.5. The standard InChI is InChI=1S/C13H17NO4/c14-10-11(15)9-7-17-13(18-9)12(10)16-6-8-4-2-1-3-5-8/h1-5,9-13,15H,6-7,14H2/t9-,10+,11-,12-,13-/m1/s1. The summed E-state index contributed by atoms with van der Waals surface area (Å²) < 4.78 is 16.7. The third-order valence-electron chi connectivity index (χ3n) is 3.44. The van der Waals surface area contributed by atoms with Crippen LogP contribution in [0.4, 0.5) is 0 Å². The fraction of sp³-hybridized carbons (Fsp3) is 0.538. The van der Waals surface area contributed by atoms with E-state index in [1.54, 1.807) is 0 Å². The summed E-state index contributed by atoms with van der Waals surface area (Å²) in [5, 5.41) is 9.92. The van der Waals surface area contributed by atoms with Gasteiger partial charge in [0.2, 0.25) is 0 Å². The van der Waals surface area contributed by atoms with Gasteiger partial charge < -0.3 is 25.1 Å². The molecule has 0 saturated carbocycles. The van der Waals surface area contributed by atoms with Crippen LogP contribution < -0.4 is 5.73 Å². The van der Waals surface area contributed by atoms with E-state index in [0.29, 0.717) is 13.2 Å². The molecule has 2 bridgehead atoms. The van der Waals surface area contributed by atoms with E-state index < -0.39 is 24.5 Å². The SMILES string of the molecule is N[C@H]1[C@H](O)[C@H]2CO[C@H](O2)[C@@H]1OCc1ccccc1. The number of hydrogen-bond donors (Lipinski definition) is 2. The van der Waals surface area contributed by atoms with Gasteiger partial charge in [0.25, 0.3) is 0 Å². The molecule has 0 aromatic heterocycles. The second-order valence-electron chi connectivity index (χ2n) is 4.71. The number of aliphatic hydroxyl groups excluding tert-OH is 1. The van der Waals surface area contributed by atoms with E-state index in [1.807, 2.05) is 30.3 Å². The Morgan fingerprint density at radius 1 is 1.33 bits per heavy atom. The number of nitrogens with two attached hydrogens (primary N) is 1. The summed E-state index contributed by atoms with van der Waals surface area (Å²) in [5.74, 6) is 0. The maximum Gasteiger partial charge on any atom is 0.186 e. The Hall–Kier alpha value is -0.980. The summed E-state index contributed by atoms with van der Waals surface area (Å²) in [6.45, 7) is 0.810. The van der Waals surface area contributed by atoms with Crippen LogP contribution in [-0.2, 0) is 20.8 Å². The summed E-state index contributed by atoms with van der Waals surface area (Å²) >= 11 is 0. The summed E-state index contributed by atoms with van der Waals surface area (Å²) in [7, 11) is 0. The molecule has 0 aliphatic carbocycles. The van der Waals surface area contributed by atoms with E-state index >= 15 is 0 Å². The first-order chi connectivity index (χ1) is 8.75. The van der Waals surface area contributed by atoms with Crippen LogP contribution in [0.25, 0.3) is 0 Å². The van der Waals surface area contributed by atoms with Crippen LogP contribution in [0.3, 0.4) is 0 Å². The molecular formula is C13H17NO4. The number of fused-ring (bicyclic) bond motifs is 2. The van der Waals surface area contributed by atoms with Crippen molar-refractivity contribution in [2.24, 2.45) is 5.73 Å². The predicted octanol–water partition coefficient (Wildman–Crippen LogP) is 0.0151. The third-order valence-corrected chi connectivity index (χ3v) is 3.44. The normalized spacial score (nSPS) is 38.9. The Morgan fingerprint density at radius 3 is 2.89 bits per heavy atom. The van der Waals surface area contributed by atoms with Crippen LogP contribution in [-0.4, -0.2) is 42.4 Å². The monoisotopic (exact) mass is 251 g/mol. The Bertz CT molecular complexity index is 399. The molecule has 2 heterocycles. The number of rotatable bonds is 3. The first kappa shape index (κ1) is 12.1. The average molecular weight is 251 g/mol. The fourth-order valence-corrected chi connectivity index (χ4v) is 2.37. The average Bonchev–Trinajstić information content (AvgIpc) is 2.84. The minimum Gasteiger partial charge on any atom is -0.389 e. The summed E-state index contributed by atoms with van der Waals surface area (Å²) in [6, 6.07) is 9.33. The van der Waals surface area contributed by atoms with Gasteiger partial charge in [-0.25, -0.2) is 0 Å². The molecule has 0 amide bonds. The summed E-state index contributed by atoms with van der Waals surface area (Å²) in [4.78, 5) is 0. The first-order valence-electron chi connectivity index (χ1n) is 6.12. The lowest BCUT2D eigenvalue weighted by Crippen LogP contribution is -2.59. The predicted molar refractivity (Wildman–Crippen MR) is 63.6 cm³/mol. The first-order valence-corrected chi connectivity index (χ1v) is 6.12. The van der Waals surface area contributed by atoms with Gasteiger partial charge in [0, 0.05) is 0 Å². The number of hydrogen-bond acceptors (Lipinski definition) is 5. The molecule has 5 nitrogen and oxygen atoms in total. The molecule has 1 aromatic rings. The van der Waals surface area contributed by atoms with Crippen LogP contribution in [0.2, 0.25) is 0 Å². The maximum absolute atomic E-state index is 9.92. The van der Waals surface area contributed by atoms with Crippen molar-refractivity contribution < 1.29 is 19.3 Å². The van der Waals surface area contributed by atoms with Crippen LogP contribution >= 0.6 is 0 Å². The molecule has 2 fully saturated rings. The van der Waals surface area contributed by atoms with Crippen LogP contribution in [0, 0.1) is 0 Å². The van der Waals surface area contributed by atoms with E-state index in [4.69, 9.17) is 19.9 Å². The Kier molecular flexibility index (Phi) is 3.32. The smallest absolute Gasteiger partial charge is 0.186 e. The molecule has 5 atom stereocenters. The van der Waals surface area contributed by atoms with E-state index in [9.17, 15) is 5.11 Å². The molecule has 18 heavy (non-hydrogen) atoms. The van der Waals surface area contributed by atoms with E-state index in [-0.39, 0.29) is 6.10 Å². The molecule has 98 valence electrons. The van der Waals surface area contributed by atoms with Gasteiger partial charge in [-0.3, -0.25) is 0 Å². The van der Waals surface area contributed by atoms with E-state index in [0.717, 1.165) is 5.56 Å². The lowest BCUT2D eigenvalue weighted by Gasteiger charge is -2.36. The van der Waals surface area contributed by atoms with Crippen LogP contribution in [0.1, 0.15) is 5.56 Å². The van der Waals surface area contributed by atoms with Gasteiger partial charge in [0.1, 0.15) is 18.3 Å². The van der Waals surface area contributed by atoms with Gasteiger partial charge in [0.15, 0.2) is 6.29 Å². The lowest BCUT2D eigenvalue weighted by molar-refractivity contribution is -0.209. The highest BCUT2D eigenvalue weighted by Crippen LogP contribution is 2.29. The molecule has 2 aliphatic heterocycles. The van der Waals surface area contributed by atoms with Crippen molar-refractivity contribution in [1.29, 1.82) is 0 Å². The van der Waals surface area contributed by atoms with Crippen molar-refractivity contribution in [2.45, 2.75) is 37.3 Å². The molecule has 0 radical (unpaired) electrons. The lowest BCUT2D eigenvalue weighted by atomic mass is 9.99. The van der Waals surface area contributed by atoms with Gasteiger partial charge in [-0.15, -0.1) is 0 Å². The largest absolute Gasteiger partial charge is 0.389 e. The Morgan fingerprint density at radius 2 is 2.11 bits per heavy atom. The molecule has 0 spiro atoms. The van der Waals surface area contributed by atoms with Gasteiger partial charge >= 0.3 is 0 Å². The minimum absolute atomic E-state index is 0.318. The number of ether oxygens (including phenoxy) is 3. The highest BCUT2D eigenvalue weighted by atomic mass is 16.7. The van der Waals surface area contributed by atoms with Crippen molar-refractivity contribution in [3.63, 3.8) is 0 Å². The quantitative estimate of drug-likeness (QED) is 0.792. The molecule has 3 rings (SSSR count). The second-order valence-corrected chi connectivity index (χ2v) is 4.71. The molecule has 0 unspecified atom stereocenters. The minimum atomic E-state index is -0.732. The van der Waals surface area contributed by atoms with Gasteiger partial charge in [-0.05, 0) is 5.56 Å². The Balaban J connectivity index is 1.65. The zero-order valence-corrected chi connectivity index (χ0v) is 9.94. The van der Waals surface area contributed by atoms with Gasteiger partial charge in [-0.2, -0.15) is 0 Å². The molecule has 2 saturated heterocycles. The third kappa shape index (κ3) is 2.15. The van der Waals surface area contributed by atoms with Crippen molar-refractivity contribution in [2.75, 3.05) is 6.61 Å². The molecule has 2 aliphatic rings. The van der Waals surface area contributed by atoms with Crippen LogP contribution in [0.5, 0.6) is 0 Å². The van der Waals surface area contributed by atoms with Crippen LogP contribution in [0.15, 0.2) is 30.3 Å². The molecule has 1 aromatic carbocycles. The van der Waals surface area contributed by atoms with Gasteiger partial charge in [-0.1, -0.05) is 30.3 Å². The second kappa shape index (κ2) is 4.95. The Labute approximate surface area is 105 Å². The molecule has 3 N–H and O–H groups in total. The number of aliphatic hydroxyl groups is 1. The molecular weight excluding hydrogens is 234 g/mol. The maximum atomic E-state index is 9.92. The summed E-state index contributed by atoms with van der Waals surface area (Å²) in [6.07, 6.45) is -1.94. The highest BCUT2D eigenvalue weighted by Gasteiger charge is 2.49. The number of benzene rings is 1. The summed E-state index contributed by atoms with van der Waals surface area (Å²) in [5.41, 5.74) is 7.03. The van der Waals surface area contributed by atoms with Gasteiger partial charge in [0.05, 0.1) is 19.3 Å². The zero-order valence-electron chi connectivity index (χ0n) is 9.94. The van der Waals surface area contributed by atoms with Crippen molar-refractivity contribution in [3.05, 3.63) is 35.9 Å².